The lowest BCUT2D eigenvalue weighted by Crippen LogP contribution is -2.39. The standard InChI is InChI=1S/C29H27FN2O3/c1-29(2)16-23-26(25(33)17-29)27(18-10-14-21(35-3)15-11-18)32(24-7-5-4-6-22(24)31-23)28(34)19-8-12-20(30)13-9-19/h4-15,27,31H,16-17H2,1-3H3. The van der Waals surface area contributed by atoms with E-state index in [-0.39, 0.29) is 17.1 Å². The third kappa shape index (κ3) is 4.20. The number of ether oxygens (including phenoxy) is 1. The fourth-order valence-electron chi connectivity index (χ4n) is 5.04. The normalized spacial score (nSPS) is 18.8. The van der Waals surface area contributed by atoms with Gasteiger partial charge in [-0.05, 0) is 65.9 Å². The molecule has 0 bridgehead atoms. The number of halogens is 1. The number of Topliss-reactive ketones (excluding diaryl/α,β-unsaturated/α-hetero) is 1. The van der Waals surface area contributed by atoms with Crippen molar-refractivity contribution in [2.45, 2.75) is 32.7 Å². The third-order valence-corrected chi connectivity index (χ3v) is 6.64. The molecule has 6 heteroatoms. The van der Waals surface area contributed by atoms with Crippen LogP contribution in [0.1, 0.15) is 48.7 Å². The second-order valence-electron chi connectivity index (χ2n) is 9.83. The number of anilines is 2. The molecule has 1 heterocycles. The van der Waals surface area contributed by atoms with Gasteiger partial charge in [-0.25, -0.2) is 4.39 Å². The molecule has 5 rings (SSSR count). The Kier molecular flexibility index (Phi) is 5.67. The Morgan fingerprint density at radius 2 is 1.69 bits per heavy atom. The van der Waals surface area contributed by atoms with Crippen molar-refractivity contribution in [3.05, 3.63) is 101 Å². The van der Waals surface area contributed by atoms with Crippen LogP contribution in [0.2, 0.25) is 0 Å². The van der Waals surface area contributed by atoms with E-state index in [1.165, 1.54) is 24.3 Å². The molecule has 1 amide bonds. The maximum Gasteiger partial charge on any atom is 0.259 e. The zero-order valence-electron chi connectivity index (χ0n) is 20.0. The molecule has 0 fully saturated rings. The van der Waals surface area contributed by atoms with Crippen LogP contribution in [-0.2, 0) is 4.79 Å². The van der Waals surface area contributed by atoms with Crippen molar-refractivity contribution in [2.24, 2.45) is 5.41 Å². The van der Waals surface area contributed by atoms with E-state index in [4.69, 9.17) is 4.74 Å². The first-order valence-electron chi connectivity index (χ1n) is 11.6. The highest BCUT2D eigenvalue weighted by atomic mass is 19.1. The molecular formula is C29H27FN2O3. The summed E-state index contributed by atoms with van der Waals surface area (Å²) in [5.74, 6) is -0.0378. The van der Waals surface area contributed by atoms with Gasteiger partial charge in [-0.15, -0.1) is 0 Å². The second-order valence-corrected chi connectivity index (χ2v) is 9.83. The molecule has 3 aromatic carbocycles. The lowest BCUT2D eigenvalue weighted by Gasteiger charge is -2.37. The Morgan fingerprint density at radius 1 is 1.00 bits per heavy atom. The molecular weight excluding hydrogens is 443 g/mol. The summed E-state index contributed by atoms with van der Waals surface area (Å²) in [6.07, 6.45) is 1.06. The highest BCUT2D eigenvalue weighted by Gasteiger charge is 2.43. The van der Waals surface area contributed by atoms with Gasteiger partial charge in [-0.2, -0.15) is 0 Å². The molecule has 3 aromatic rings. The largest absolute Gasteiger partial charge is 0.497 e. The average molecular weight is 471 g/mol. The Morgan fingerprint density at radius 3 is 2.37 bits per heavy atom. The van der Waals surface area contributed by atoms with Gasteiger partial charge in [0.25, 0.3) is 5.91 Å². The van der Waals surface area contributed by atoms with Crippen LogP contribution < -0.4 is 15.0 Å². The van der Waals surface area contributed by atoms with Crippen LogP contribution in [-0.4, -0.2) is 18.8 Å². The summed E-state index contributed by atoms with van der Waals surface area (Å²) in [5, 5.41) is 3.50. The van der Waals surface area contributed by atoms with Gasteiger partial charge < -0.3 is 10.1 Å². The number of rotatable bonds is 3. The SMILES string of the molecule is COc1ccc(C2C3=C(CC(C)(C)CC3=O)Nc3ccccc3N2C(=O)c2ccc(F)cc2)cc1. The number of hydrogen-bond donors (Lipinski definition) is 1. The van der Waals surface area contributed by atoms with Gasteiger partial charge in [0.2, 0.25) is 0 Å². The molecule has 1 aliphatic heterocycles. The molecule has 0 aromatic heterocycles. The smallest absolute Gasteiger partial charge is 0.259 e. The van der Waals surface area contributed by atoms with Crippen LogP contribution in [0.25, 0.3) is 0 Å². The Bertz CT molecular complexity index is 1330. The summed E-state index contributed by atoms with van der Waals surface area (Å²) < 4.78 is 19.0. The van der Waals surface area contributed by atoms with Gasteiger partial charge in [-0.3, -0.25) is 14.5 Å². The topological polar surface area (TPSA) is 58.6 Å². The van der Waals surface area contributed by atoms with Crippen LogP contribution in [0, 0.1) is 11.2 Å². The van der Waals surface area contributed by atoms with Crippen LogP contribution >= 0.6 is 0 Å². The zero-order valence-corrected chi connectivity index (χ0v) is 20.0. The molecule has 0 spiro atoms. The minimum absolute atomic E-state index is 0.00859. The van der Waals surface area contributed by atoms with Gasteiger partial charge in [0.05, 0.1) is 24.5 Å². The van der Waals surface area contributed by atoms with Crippen molar-refractivity contribution >= 4 is 23.1 Å². The van der Waals surface area contributed by atoms with E-state index in [1.807, 2.05) is 48.5 Å². The summed E-state index contributed by atoms with van der Waals surface area (Å²) >= 11 is 0. The monoisotopic (exact) mass is 470 g/mol. The summed E-state index contributed by atoms with van der Waals surface area (Å²) in [5.41, 5.74) is 3.74. The number of para-hydroxylation sites is 2. The molecule has 1 unspecified atom stereocenters. The number of methoxy groups -OCH3 is 1. The number of hydrogen-bond acceptors (Lipinski definition) is 4. The predicted octanol–water partition coefficient (Wildman–Crippen LogP) is 6.29. The maximum atomic E-state index is 14.1. The molecule has 5 nitrogen and oxygen atoms in total. The third-order valence-electron chi connectivity index (χ3n) is 6.64. The van der Waals surface area contributed by atoms with Crippen LogP contribution in [0.3, 0.4) is 0 Å². The minimum atomic E-state index is -0.659. The molecule has 2 aliphatic rings. The predicted molar refractivity (Wildman–Crippen MR) is 134 cm³/mol. The van der Waals surface area contributed by atoms with Crippen molar-refractivity contribution < 1.29 is 18.7 Å². The molecule has 35 heavy (non-hydrogen) atoms. The molecule has 1 atom stereocenters. The highest BCUT2D eigenvalue weighted by molar-refractivity contribution is 6.12. The summed E-state index contributed by atoms with van der Waals surface area (Å²) in [6.45, 7) is 4.16. The van der Waals surface area contributed by atoms with Crippen LogP contribution in [0.4, 0.5) is 15.8 Å². The highest BCUT2D eigenvalue weighted by Crippen LogP contribution is 2.48. The minimum Gasteiger partial charge on any atom is -0.497 e. The molecule has 178 valence electrons. The van der Waals surface area contributed by atoms with Gasteiger partial charge in [0.15, 0.2) is 5.78 Å². The van der Waals surface area contributed by atoms with Crippen LogP contribution in [0.5, 0.6) is 5.75 Å². The van der Waals surface area contributed by atoms with E-state index < -0.39 is 11.9 Å². The number of carbonyl (C=O) groups excluding carboxylic acids is 2. The lowest BCUT2D eigenvalue weighted by molar-refractivity contribution is -0.118. The van der Waals surface area contributed by atoms with Crippen molar-refractivity contribution in [1.29, 1.82) is 0 Å². The number of amides is 1. The van der Waals surface area contributed by atoms with Gasteiger partial charge in [-0.1, -0.05) is 38.1 Å². The molecule has 0 radical (unpaired) electrons. The second kappa shape index (κ2) is 8.69. The Labute approximate surface area is 204 Å². The summed E-state index contributed by atoms with van der Waals surface area (Å²) in [7, 11) is 1.60. The molecule has 0 saturated carbocycles. The number of carbonyl (C=O) groups is 2. The summed E-state index contributed by atoms with van der Waals surface area (Å²) in [4.78, 5) is 29.4. The fourth-order valence-corrected chi connectivity index (χ4v) is 5.04. The Hall–Kier alpha value is -3.93. The number of nitrogens with zero attached hydrogens (tertiary/aromatic N) is 1. The Balaban J connectivity index is 1.77. The number of nitrogens with one attached hydrogen (secondary N) is 1. The first kappa shape index (κ1) is 22.8. The number of allylic oxidation sites excluding steroid dienone is 1. The fraction of sp³-hybridized carbons (Fsp3) is 0.241. The summed E-state index contributed by atoms with van der Waals surface area (Å²) in [6, 6.07) is 19.8. The van der Waals surface area contributed by atoms with Gasteiger partial charge in [0, 0.05) is 23.3 Å². The quantitative estimate of drug-likeness (QED) is 0.489. The van der Waals surface area contributed by atoms with E-state index in [0.29, 0.717) is 35.4 Å². The number of ketones is 1. The average Bonchev–Trinajstić information content (AvgIpc) is 2.97. The maximum absolute atomic E-state index is 14.1. The van der Waals surface area contributed by atoms with Crippen molar-refractivity contribution in [3.8, 4) is 5.75 Å². The molecule has 1 N–H and O–H groups in total. The number of benzene rings is 3. The van der Waals surface area contributed by atoms with Crippen LogP contribution in [0.15, 0.2) is 84.1 Å². The van der Waals surface area contributed by atoms with Crippen molar-refractivity contribution in [3.63, 3.8) is 0 Å². The first-order valence-corrected chi connectivity index (χ1v) is 11.6. The number of fused-ring (bicyclic) bond motifs is 1. The molecule has 1 aliphatic carbocycles. The van der Waals surface area contributed by atoms with E-state index in [0.717, 1.165) is 16.9 Å². The van der Waals surface area contributed by atoms with Gasteiger partial charge in [0.1, 0.15) is 11.6 Å². The molecule has 0 saturated heterocycles. The van der Waals surface area contributed by atoms with Crippen molar-refractivity contribution in [2.75, 3.05) is 17.3 Å². The van der Waals surface area contributed by atoms with E-state index in [9.17, 15) is 14.0 Å². The van der Waals surface area contributed by atoms with Gasteiger partial charge >= 0.3 is 0 Å². The van der Waals surface area contributed by atoms with E-state index in [1.54, 1.807) is 12.0 Å². The lowest BCUT2D eigenvalue weighted by atomic mass is 9.73. The first-order chi connectivity index (χ1) is 16.8. The zero-order chi connectivity index (χ0) is 24.7. The van der Waals surface area contributed by atoms with E-state index in [2.05, 4.69) is 19.2 Å². The van der Waals surface area contributed by atoms with E-state index >= 15 is 0 Å². The van der Waals surface area contributed by atoms with Crippen molar-refractivity contribution in [1.82, 2.24) is 0 Å².